The molecule has 1 aliphatic heterocycles. The fourth-order valence-corrected chi connectivity index (χ4v) is 3.28. The molecule has 128 valence electrons. The average Bonchev–Trinajstić information content (AvgIpc) is 3.21. The molecule has 0 spiro atoms. The number of pyridine rings is 1. The van der Waals surface area contributed by atoms with Crippen LogP contribution in [0.4, 0.5) is 5.13 Å². The third kappa shape index (κ3) is 2.84. The van der Waals surface area contributed by atoms with Crippen molar-refractivity contribution in [1.82, 2.24) is 20.1 Å². The molecule has 0 aliphatic carbocycles. The smallest absolute Gasteiger partial charge is 0.261 e. The molecular formula is C17H11N5O3S. The molecule has 3 aromatic rings. The van der Waals surface area contributed by atoms with Gasteiger partial charge in [-0.15, -0.1) is 10.2 Å². The van der Waals surface area contributed by atoms with E-state index in [-0.39, 0.29) is 29.4 Å². The van der Waals surface area contributed by atoms with Crippen molar-refractivity contribution in [3.05, 3.63) is 70.5 Å². The number of nitrogens with one attached hydrogen (secondary N) is 1. The second-order valence-electron chi connectivity index (χ2n) is 5.44. The number of aromatic nitrogens is 3. The van der Waals surface area contributed by atoms with Crippen LogP contribution >= 0.6 is 11.3 Å². The van der Waals surface area contributed by atoms with Gasteiger partial charge in [0, 0.05) is 12.4 Å². The van der Waals surface area contributed by atoms with Gasteiger partial charge in [-0.05, 0) is 24.3 Å². The van der Waals surface area contributed by atoms with E-state index in [1.807, 2.05) is 0 Å². The van der Waals surface area contributed by atoms with Crippen molar-refractivity contribution in [3.63, 3.8) is 0 Å². The van der Waals surface area contributed by atoms with Crippen LogP contribution in [0.15, 0.2) is 48.8 Å². The van der Waals surface area contributed by atoms with Crippen LogP contribution in [0.3, 0.4) is 0 Å². The molecule has 1 aliphatic rings. The van der Waals surface area contributed by atoms with Crippen LogP contribution in [0.2, 0.25) is 0 Å². The zero-order valence-electron chi connectivity index (χ0n) is 13.2. The average molecular weight is 365 g/mol. The van der Waals surface area contributed by atoms with Gasteiger partial charge in [-0.3, -0.25) is 29.6 Å². The summed E-state index contributed by atoms with van der Waals surface area (Å²) < 4.78 is 0. The number of carbonyl (C=O) groups excluding carboxylic acids is 3. The van der Waals surface area contributed by atoms with Gasteiger partial charge in [0.25, 0.3) is 17.7 Å². The van der Waals surface area contributed by atoms with Gasteiger partial charge in [0.05, 0.1) is 23.2 Å². The number of carbonyl (C=O) groups is 3. The molecule has 0 fully saturated rings. The third-order valence-electron chi connectivity index (χ3n) is 3.78. The molecular weight excluding hydrogens is 354 g/mol. The molecule has 1 aromatic carbocycles. The Morgan fingerprint density at radius 2 is 1.77 bits per heavy atom. The maximum atomic E-state index is 12.4. The first-order valence-corrected chi connectivity index (χ1v) is 8.44. The highest BCUT2D eigenvalue weighted by atomic mass is 32.1. The minimum Gasteiger partial charge on any atom is -0.296 e. The van der Waals surface area contributed by atoms with Crippen LogP contribution in [0.25, 0.3) is 0 Å². The van der Waals surface area contributed by atoms with E-state index >= 15 is 0 Å². The first-order chi connectivity index (χ1) is 12.6. The van der Waals surface area contributed by atoms with Gasteiger partial charge in [-0.1, -0.05) is 23.5 Å². The van der Waals surface area contributed by atoms with Gasteiger partial charge in [-0.25, -0.2) is 0 Å². The van der Waals surface area contributed by atoms with E-state index < -0.39 is 0 Å². The maximum absolute atomic E-state index is 12.4. The Hall–Kier alpha value is -3.46. The number of nitrogens with zero attached hydrogens (tertiary/aromatic N) is 4. The van der Waals surface area contributed by atoms with E-state index in [9.17, 15) is 14.4 Å². The Bertz CT molecular complexity index is 983. The molecule has 0 unspecified atom stereocenters. The van der Waals surface area contributed by atoms with Crippen molar-refractivity contribution >= 4 is 34.2 Å². The Kier molecular flexibility index (Phi) is 3.98. The lowest BCUT2D eigenvalue weighted by atomic mass is 10.1. The Labute approximate surface area is 151 Å². The quantitative estimate of drug-likeness (QED) is 0.709. The van der Waals surface area contributed by atoms with E-state index in [2.05, 4.69) is 20.5 Å². The topological polar surface area (TPSA) is 105 Å². The Morgan fingerprint density at radius 1 is 1.04 bits per heavy atom. The zero-order chi connectivity index (χ0) is 18.1. The van der Waals surface area contributed by atoms with Gasteiger partial charge >= 0.3 is 0 Å². The Morgan fingerprint density at radius 3 is 2.42 bits per heavy atom. The molecule has 0 radical (unpaired) electrons. The largest absolute Gasteiger partial charge is 0.296 e. The van der Waals surface area contributed by atoms with E-state index in [4.69, 9.17) is 0 Å². The zero-order valence-corrected chi connectivity index (χ0v) is 14.1. The van der Waals surface area contributed by atoms with Crippen molar-refractivity contribution in [1.29, 1.82) is 0 Å². The molecule has 0 atom stereocenters. The summed E-state index contributed by atoms with van der Waals surface area (Å²) in [5.41, 5.74) is 1.16. The number of hydrogen-bond acceptors (Lipinski definition) is 7. The molecule has 3 heterocycles. The summed E-state index contributed by atoms with van der Waals surface area (Å²) in [6, 6.07) is 9.95. The number of benzene rings is 1. The highest BCUT2D eigenvalue weighted by Gasteiger charge is 2.35. The van der Waals surface area contributed by atoms with E-state index in [1.165, 1.54) is 6.20 Å². The van der Waals surface area contributed by atoms with Crippen molar-refractivity contribution in [2.24, 2.45) is 0 Å². The predicted octanol–water partition coefficient (Wildman–Crippen LogP) is 1.98. The summed E-state index contributed by atoms with van der Waals surface area (Å²) in [4.78, 5) is 41.8. The standard InChI is InChI=1S/C17H11N5O3S/c23-14(10-4-3-7-18-8-10)19-17-21-20-13(26-17)9-22-15(24)11-5-1-2-6-12(11)16(22)25/h1-8H,9H2,(H,19,21,23). The van der Waals surface area contributed by atoms with Gasteiger partial charge in [0.15, 0.2) is 0 Å². The molecule has 3 amide bonds. The van der Waals surface area contributed by atoms with Crippen molar-refractivity contribution < 1.29 is 14.4 Å². The Balaban J connectivity index is 1.47. The van der Waals surface area contributed by atoms with Gasteiger partial charge in [0.1, 0.15) is 5.01 Å². The fraction of sp³-hybridized carbons (Fsp3) is 0.0588. The molecule has 1 N–H and O–H groups in total. The molecule has 26 heavy (non-hydrogen) atoms. The van der Waals surface area contributed by atoms with Crippen LogP contribution in [-0.4, -0.2) is 37.8 Å². The van der Waals surface area contributed by atoms with Crippen molar-refractivity contribution in [2.45, 2.75) is 6.54 Å². The van der Waals surface area contributed by atoms with Crippen LogP contribution < -0.4 is 5.32 Å². The van der Waals surface area contributed by atoms with E-state index in [0.717, 1.165) is 16.2 Å². The highest BCUT2D eigenvalue weighted by Crippen LogP contribution is 2.26. The number of anilines is 1. The molecule has 0 bridgehead atoms. The van der Waals surface area contributed by atoms with E-state index in [0.29, 0.717) is 21.7 Å². The summed E-state index contributed by atoms with van der Waals surface area (Å²) >= 11 is 1.10. The van der Waals surface area contributed by atoms with Crippen molar-refractivity contribution in [2.75, 3.05) is 5.32 Å². The van der Waals surface area contributed by atoms with Gasteiger partial charge < -0.3 is 0 Å². The first kappa shape index (κ1) is 16.0. The van der Waals surface area contributed by atoms with Crippen molar-refractivity contribution in [3.8, 4) is 0 Å². The SMILES string of the molecule is O=C(Nc1nnc(CN2C(=O)c3ccccc3C2=O)s1)c1cccnc1. The molecule has 4 rings (SSSR count). The lowest BCUT2D eigenvalue weighted by Gasteiger charge is -2.10. The summed E-state index contributed by atoms with van der Waals surface area (Å²) in [5, 5.41) is 11.2. The monoisotopic (exact) mass is 365 g/mol. The lowest BCUT2D eigenvalue weighted by Crippen LogP contribution is -2.29. The van der Waals surface area contributed by atoms with E-state index in [1.54, 1.807) is 42.6 Å². The summed E-state index contributed by atoms with van der Waals surface area (Å²) in [5.74, 6) is -1.08. The number of hydrogen-bond donors (Lipinski definition) is 1. The highest BCUT2D eigenvalue weighted by molar-refractivity contribution is 7.15. The summed E-state index contributed by atoms with van der Waals surface area (Å²) in [6.45, 7) is 0.00672. The first-order valence-electron chi connectivity index (χ1n) is 7.62. The summed E-state index contributed by atoms with van der Waals surface area (Å²) in [6.07, 6.45) is 3.01. The third-order valence-corrected chi connectivity index (χ3v) is 4.61. The normalized spacial score (nSPS) is 13.0. The molecule has 0 saturated heterocycles. The second kappa shape index (κ2) is 6.45. The second-order valence-corrected chi connectivity index (χ2v) is 6.50. The predicted molar refractivity (Wildman–Crippen MR) is 92.7 cm³/mol. The number of rotatable bonds is 4. The molecule has 8 nitrogen and oxygen atoms in total. The van der Waals surface area contributed by atoms with Crippen LogP contribution in [0.1, 0.15) is 36.1 Å². The molecule has 9 heteroatoms. The number of imide groups is 1. The van der Waals surface area contributed by atoms with Crippen LogP contribution in [0, 0.1) is 0 Å². The maximum Gasteiger partial charge on any atom is 0.261 e. The number of amides is 3. The molecule has 0 saturated carbocycles. The minimum atomic E-state index is -0.360. The minimum absolute atomic E-state index is 0.00672. The fourth-order valence-electron chi connectivity index (χ4n) is 2.55. The van der Waals surface area contributed by atoms with Gasteiger partial charge in [-0.2, -0.15) is 0 Å². The van der Waals surface area contributed by atoms with Crippen LogP contribution in [-0.2, 0) is 6.54 Å². The summed E-state index contributed by atoms with van der Waals surface area (Å²) in [7, 11) is 0. The number of fused-ring (bicyclic) bond motifs is 1. The molecule has 2 aromatic heterocycles. The van der Waals surface area contributed by atoms with Crippen LogP contribution in [0.5, 0.6) is 0 Å². The lowest BCUT2D eigenvalue weighted by molar-refractivity contribution is 0.0641. The van der Waals surface area contributed by atoms with Gasteiger partial charge in [0.2, 0.25) is 5.13 Å².